The third kappa shape index (κ3) is 5.39. The number of aromatic nitrogens is 1. The van der Waals surface area contributed by atoms with Crippen molar-refractivity contribution in [2.24, 2.45) is 0 Å². The Balaban J connectivity index is 1.92. The molecule has 4 heteroatoms. The molecule has 1 aromatic rings. The molecule has 0 spiro atoms. The molecule has 0 aliphatic heterocycles. The summed E-state index contributed by atoms with van der Waals surface area (Å²) >= 11 is 1.73. The zero-order chi connectivity index (χ0) is 11.6. The minimum absolute atomic E-state index is 0.773. The summed E-state index contributed by atoms with van der Waals surface area (Å²) in [6.07, 6.45) is 3.86. The number of rotatable bonds is 9. The Morgan fingerprint density at radius 2 is 2.38 bits per heavy atom. The van der Waals surface area contributed by atoms with Gasteiger partial charge in [-0.2, -0.15) is 0 Å². The Morgan fingerprint density at radius 1 is 1.50 bits per heavy atom. The lowest BCUT2D eigenvalue weighted by Crippen LogP contribution is -2.22. The Morgan fingerprint density at radius 3 is 3.06 bits per heavy atom. The van der Waals surface area contributed by atoms with E-state index in [1.54, 1.807) is 11.3 Å². The van der Waals surface area contributed by atoms with Gasteiger partial charge in [0.2, 0.25) is 0 Å². The quantitative estimate of drug-likeness (QED) is 0.530. The van der Waals surface area contributed by atoms with E-state index in [1.807, 2.05) is 11.6 Å². The second kappa shape index (κ2) is 8.44. The van der Waals surface area contributed by atoms with Crippen LogP contribution in [0.3, 0.4) is 0 Å². The molecule has 0 amide bonds. The Hall–Kier alpha value is -0.710. The van der Waals surface area contributed by atoms with Crippen LogP contribution < -0.4 is 5.32 Å². The average Bonchev–Trinajstić information content (AvgIpc) is 2.68. The number of nitrogens with one attached hydrogen (secondary N) is 1. The van der Waals surface area contributed by atoms with Crippen molar-refractivity contribution >= 4 is 11.3 Å². The van der Waals surface area contributed by atoms with E-state index in [2.05, 4.69) is 23.8 Å². The summed E-state index contributed by atoms with van der Waals surface area (Å²) in [6.45, 7) is 9.16. The van der Waals surface area contributed by atoms with E-state index in [0.717, 1.165) is 44.8 Å². The summed E-state index contributed by atoms with van der Waals surface area (Å²) in [7, 11) is 0. The van der Waals surface area contributed by atoms with E-state index in [0.29, 0.717) is 0 Å². The molecule has 0 bridgehead atoms. The van der Waals surface area contributed by atoms with Gasteiger partial charge in [0.05, 0.1) is 24.4 Å². The molecule has 3 nitrogen and oxygen atoms in total. The summed E-state index contributed by atoms with van der Waals surface area (Å²) in [5.41, 5.74) is 3.07. The molecule has 0 aromatic carbocycles. The Kier molecular flexibility index (Phi) is 7.05. The number of hydrogen-bond acceptors (Lipinski definition) is 4. The van der Waals surface area contributed by atoms with Crippen molar-refractivity contribution in [3.05, 3.63) is 28.7 Å². The molecule has 0 fully saturated rings. The normalized spacial score (nSPS) is 10.6. The summed E-state index contributed by atoms with van der Waals surface area (Å²) in [5, 5.41) is 3.36. The van der Waals surface area contributed by atoms with Gasteiger partial charge in [0.1, 0.15) is 0 Å². The first-order valence-electron chi connectivity index (χ1n) is 5.63. The van der Waals surface area contributed by atoms with Gasteiger partial charge in [0.25, 0.3) is 0 Å². The SMILES string of the molecule is C=CCCOCCNCCc1scnc1C. The zero-order valence-electron chi connectivity index (χ0n) is 9.87. The lowest BCUT2D eigenvalue weighted by molar-refractivity contribution is 0.140. The maximum absolute atomic E-state index is 5.39. The van der Waals surface area contributed by atoms with Crippen LogP contribution in [-0.4, -0.2) is 31.3 Å². The van der Waals surface area contributed by atoms with Crippen molar-refractivity contribution in [2.75, 3.05) is 26.3 Å². The van der Waals surface area contributed by atoms with Gasteiger partial charge in [0.15, 0.2) is 0 Å². The van der Waals surface area contributed by atoms with Crippen LogP contribution in [0.2, 0.25) is 0 Å². The molecule has 90 valence electrons. The second-order valence-corrected chi connectivity index (χ2v) is 4.49. The van der Waals surface area contributed by atoms with Gasteiger partial charge in [-0.25, -0.2) is 4.98 Å². The molecule has 16 heavy (non-hydrogen) atoms. The molecule has 0 saturated heterocycles. The molecule has 1 heterocycles. The molecule has 0 aliphatic carbocycles. The number of nitrogens with zero attached hydrogens (tertiary/aromatic N) is 1. The van der Waals surface area contributed by atoms with Crippen molar-refractivity contribution in [3.8, 4) is 0 Å². The maximum Gasteiger partial charge on any atom is 0.0797 e. The zero-order valence-corrected chi connectivity index (χ0v) is 10.7. The summed E-state index contributed by atoms with van der Waals surface area (Å²) < 4.78 is 5.39. The van der Waals surface area contributed by atoms with Crippen LogP contribution in [0.15, 0.2) is 18.2 Å². The molecule has 1 rings (SSSR count). The third-order valence-corrected chi connectivity index (χ3v) is 3.26. The standard InChI is InChI=1S/C12H20N2OS/c1-3-4-8-15-9-7-13-6-5-12-11(2)14-10-16-12/h3,10,13H,1,4-9H2,2H3. The predicted molar refractivity (Wildman–Crippen MR) is 69.1 cm³/mol. The van der Waals surface area contributed by atoms with Gasteiger partial charge in [-0.15, -0.1) is 17.9 Å². The second-order valence-electron chi connectivity index (χ2n) is 3.55. The molecular weight excluding hydrogens is 220 g/mol. The first-order valence-corrected chi connectivity index (χ1v) is 6.51. The van der Waals surface area contributed by atoms with E-state index in [-0.39, 0.29) is 0 Å². The fraction of sp³-hybridized carbons (Fsp3) is 0.583. The summed E-state index contributed by atoms with van der Waals surface area (Å²) in [6, 6.07) is 0. The number of hydrogen-bond donors (Lipinski definition) is 1. The average molecular weight is 240 g/mol. The highest BCUT2D eigenvalue weighted by molar-refractivity contribution is 7.09. The predicted octanol–water partition coefficient (Wildman–Crippen LogP) is 2.18. The molecule has 0 atom stereocenters. The van der Waals surface area contributed by atoms with Gasteiger partial charge in [-0.1, -0.05) is 6.08 Å². The molecular formula is C12H20N2OS. The van der Waals surface area contributed by atoms with Gasteiger partial charge in [-0.3, -0.25) is 0 Å². The van der Waals surface area contributed by atoms with E-state index >= 15 is 0 Å². The smallest absolute Gasteiger partial charge is 0.0797 e. The molecule has 0 aliphatic rings. The van der Waals surface area contributed by atoms with Gasteiger partial charge in [-0.05, 0) is 19.8 Å². The molecule has 1 N–H and O–H groups in total. The molecule has 0 unspecified atom stereocenters. The van der Waals surface area contributed by atoms with E-state index in [1.165, 1.54) is 4.88 Å². The number of thiazole rings is 1. The first kappa shape index (κ1) is 13.4. The van der Waals surface area contributed by atoms with Crippen LogP contribution in [0, 0.1) is 6.92 Å². The Labute approximate surface area is 102 Å². The molecule has 0 saturated carbocycles. The number of aryl methyl sites for hydroxylation is 1. The summed E-state index contributed by atoms with van der Waals surface area (Å²) in [5.74, 6) is 0. The maximum atomic E-state index is 5.39. The molecule has 0 radical (unpaired) electrons. The topological polar surface area (TPSA) is 34.1 Å². The van der Waals surface area contributed by atoms with Crippen LogP contribution in [-0.2, 0) is 11.2 Å². The van der Waals surface area contributed by atoms with Crippen LogP contribution >= 0.6 is 11.3 Å². The highest BCUT2D eigenvalue weighted by atomic mass is 32.1. The first-order chi connectivity index (χ1) is 7.84. The van der Waals surface area contributed by atoms with Gasteiger partial charge in [0, 0.05) is 18.0 Å². The van der Waals surface area contributed by atoms with Crippen molar-refractivity contribution in [1.82, 2.24) is 10.3 Å². The van der Waals surface area contributed by atoms with Crippen molar-refractivity contribution in [2.45, 2.75) is 19.8 Å². The van der Waals surface area contributed by atoms with Crippen LogP contribution in [0.4, 0.5) is 0 Å². The largest absolute Gasteiger partial charge is 0.380 e. The minimum Gasteiger partial charge on any atom is -0.380 e. The highest BCUT2D eigenvalue weighted by Gasteiger charge is 1.99. The van der Waals surface area contributed by atoms with Crippen LogP contribution in [0.25, 0.3) is 0 Å². The van der Waals surface area contributed by atoms with Crippen LogP contribution in [0.5, 0.6) is 0 Å². The van der Waals surface area contributed by atoms with Crippen molar-refractivity contribution in [3.63, 3.8) is 0 Å². The van der Waals surface area contributed by atoms with E-state index in [4.69, 9.17) is 4.74 Å². The Bertz CT molecular complexity index is 299. The van der Waals surface area contributed by atoms with Crippen molar-refractivity contribution < 1.29 is 4.74 Å². The van der Waals surface area contributed by atoms with E-state index < -0.39 is 0 Å². The number of ether oxygens (including phenoxy) is 1. The minimum atomic E-state index is 0.773. The van der Waals surface area contributed by atoms with Crippen molar-refractivity contribution in [1.29, 1.82) is 0 Å². The fourth-order valence-electron chi connectivity index (χ4n) is 1.31. The lowest BCUT2D eigenvalue weighted by Gasteiger charge is -2.04. The van der Waals surface area contributed by atoms with Gasteiger partial charge >= 0.3 is 0 Å². The van der Waals surface area contributed by atoms with Crippen LogP contribution in [0.1, 0.15) is 17.0 Å². The molecule has 1 aromatic heterocycles. The third-order valence-electron chi connectivity index (χ3n) is 2.26. The van der Waals surface area contributed by atoms with Gasteiger partial charge < -0.3 is 10.1 Å². The summed E-state index contributed by atoms with van der Waals surface area (Å²) in [4.78, 5) is 5.60. The fourth-order valence-corrected chi connectivity index (χ4v) is 2.09. The van der Waals surface area contributed by atoms with E-state index in [9.17, 15) is 0 Å². The monoisotopic (exact) mass is 240 g/mol. The highest BCUT2D eigenvalue weighted by Crippen LogP contribution is 2.11. The lowest BCUT2D eigenvalue weighted by atomic mass is 10.3.